The summed E-state index contributed by atoms with van der Waals surface area (Å²) in [5, 5.41) is 0. The Hall–Kier alpha value is -4.68. The van der Waals surface area contributed by atoms with Crippen LogP contribution in [0.4, 0.5) is 0 Å². The van der Waals surface area contributed by atoms with Gasteiger partial charge in [0.05, 0.1) is 0 Å². The van der Waals surface area contributed by atoms with Crippen molar-refractivity contribution in [3.05, 3.63) is 154 Å². The highest BCUT2D eigenvalue weighted by Crippen LogP contribution is 2.59. The number of hydrogen-bond acceptors (Lipinski definition) is 0. The van der Waals surface area contributed by atoms with Crippen LogP contribution in [0, 0.1) is 6.92 Å². The first kappa shape index (κ1) is 56.1. The van der Waals surface area contributed by atoms with Gasteiger partial charge < -0.3 is 0 Å². The molecule has 0 heterocycles. The average molecular weight is 1010 g/mol. The van der Waals surface area contributed by atoms with Crippen LogP contribution in [-0.4, -0.2) is 0 Å². The van der Waals surface area contributed by atoms with Crippen molar-refractivity contribution in [1.29, 1.82) is 0 Å². The predicted molar refractivity (Wildman–Crippen MR) is 333 cm³/mol. The van der Waals surface area contributed by atoms with Crippen molar-refractivity contribution in [3.8, 4) is 55.6 Å². The second kappa shape index (κ2) is 26.3. The van der Waals surface area contributed by atoms with E-state index in [-0.39, 0.29) is 16.2 Å². The standard InChI is InChI=1S/C76H100/c1-8-14-20-28-46-74(47-29-21-15-9-2)68-35-27-26-34-62(68)64-42-37-58(53-70(64)74)60-39-44-66-67-45-40-61(56-73(67)76(72(66)55-60,50-32-24-18-12-5)51-33-25-19-13-6)59-38-43-65-63-41-36-57(7)52-69(63)75(71(65)54-59,48-30-22-16-10-3)49-31-23-17-11-4/h26-27,34-45,52-56H,8-25,28-33,46-51H2,1-7H3. The van der Waals surface area contributed by atoms with Crippen molar-refractivity contribution in [1.82, 2.24) is 0 Å². The molecule has 76 heavy (non-hydrogen) atoms. The van der Waals surface area contributed by atoms with E-state index >= 15 is 0 Å². The summed E-state index contributed by atoms with van der Waals surface area (Å²) in [5.41, 5.74) is 25.8. The van der Waals surface area contributed by atoms with Crippen molar-refractivity contribution >= 4 is 0 Å². The summed E-state index contributed by atoms with van der Waals surface area (Å²) in [6, 6.07) is 48.0. The molecule has 0 aromatic heterocycles. The maximum atomic E-state index is 2.73. The van der Waals surface area contributed by atoms with Gasteiger partial charge in [-0.1, -0.05) is 292 Å². The van der Waals surface area contributed by atoms with Gasteiger partial charge in [0.25, 0.3) is 0 Å². The van der Waals surface area contributed by atoms with Gasteiger partial charge in [0.1, 0.15) is 0 Å². The molecule has 6 aromatic rings. The Balaban J connectivity index is 1.15. The normalized spacial score (nSPS) is 14.8. The first-order chi connectivity index (χ1) is 37.3. The predicted octanol–water partition coefficient (Wildman–Crippen LogP) is 24.0. The molecule has 0 amide bonds. The fourth-order valence-electron chi connectivity index (χ4n) is 15.4. The van der Waals surface area contributed by atoms with Crippen molar-refractivity contribution in [2.24, 2.45) is 0 Å². The van der Waals surface area contributed by atoms with Gasteiger partial charge in [0.2, 0.25) is 0 Å². The topological polar surface area (TPSA) is 0 Å². The number of aryl methyl sites for hydroxylation is 1. The summed E-state index contributed by atoms with van der Waals surface area (Å²) < 4.78 is 0. The summed E-state index contributed by atoms with van der Waals surface area (Å²) in [5.74, 6) is 0. The lowest BCUT2D eigenvalue weighted by Gasteiger charge is -2.34. The molecule has 0 N–H and O–H groups in total. The summed E-state index contributed by atoms with van der Waals surface area (Å²) in [6.07, 6.45) is 38.8. The zero-order valence-electron chi connectivity index (χ0n) is 49.2. The van der Waals surface area contributed by atoms with Crippen LogP contribution in [-0.2, 0) is 16.2 Å². The molecular weight excluding hydrogens is 913 g/mol. The number of fused-ring (bicyclic) bond motifs is 9. The van der Waals surface area contributed by atoms with Crippen LogP contribution in [0.15, 0.2) is 115 Å². The van der Waals surface area contributed by atoms with Gasteiger partial charge in [0, 0.05) is 16.2 Å². The molecule has 0 fully saturated rings. The summed E-state index contributed by atoms with van der Waals surface area (Å²) >= 11 is 0. The van der Waals surface area contributed by atoms with E-state index in [0.717, 1.165) is 0 Å². The van der Waals surface area contributed by atoms with Gasteiger partial charge in [-0.05, 0) is 159 Å². The van der Waals surface area contributed by atoms with Crippen LogP contribution >= 0.6 is 0 Å². The summed E-state index contributed by atoms with van der Waals surface area (Å²) in [6.45, 7) is 16.5. The number of rotatable bonds is 32. The highest BCUT2D eigenvalue weighted by Gasteiger charge is 2.46. The van der Waals surface area contributed by atoms with E-state index < -0.39 is 0 Å². The Morgan fingerprint density at radius 2 is 0.487 bits per heavy atom. The molecule has 0 nitrogen and oxygen atoms in total. The molecule has 0 saturated heterocycles. The van der Waals surface area contributed by atoms with E-state index in [9.17, 15) is 0 Å². The van der Waals surface area contributed by atoms with Crippen LogP contribution in [0.3, 0.4) is 0 Å². The highest BCUT2D eigenvalue weighted by atomic mass is 14.5. The second-order valence-electron chi connectivity index (χ2n) is 24.7. The maximum Gasteiger partial charge on any atom is 0.0215 e. The Labute approximate surface area is 464 Å². The minimum absolute atomic E-state index is 0.0136. The van der Waals surface area contributed by atoms with Crippen molar-refractivity contribution in [2.75, 3.05) is 0 Å². The molecule has 0 bridgehead atoms. The molecule has 0 saturated carbocycles. The largest absolute Gasteiger partial charge is 0.0654 e. The Morgan fingerprint density at radius 1 is 0.237 bits per heavy atom. The van der Waals surface area contributed by atoms with Crippen LogP contribution in [0.5, 0.6) is 0 Å². The molecule has 0 aliphatic heterocycles. The van der Waals surface area contributed by atoms with E-state index in [0.29, 0.717) is 0 Å². The van der Waals surface area contributed by atoms with Gasteiger partial charge in [-0.2, -0.15) is 0 Å². The average Bonchev–Trinajstić information content (AvgIpc) is 4.05. The zero-order chi connectivity index (χ0) is 53.0. The first-order valence-corrected chi connectivity index (χ1v) is 32.1. The second-order valence-corrected chi connectivity index (χ2v) is 24.7. The smallest absolute Gasteiger partial charge is 0.0215 e. The lowest BCUT2D eigenvalue weighted by Crippen LogP contribution is -2.26. The monoisotopic (exact) mass is 1010 g/mol. The molecule has 0 unspecified atom stereocenters. The van der Waals surface area contributed by atoms with Gasteiger partial charge >= 0.3 is 0 Å². The molecule has 3 aliphatic rings. The fraction of sp³-hybridized carbons (Fsp3) is 0.526. The Bertz CT molecular complexity index is 2790. The zero-order valence-corrected chi connectivity index (χ0v) is 49.2. The van der Waals surface area contributed by atoms with E-state index in [1.54, 1.807) is 33.4 Å². The number of hydrogen-bond donors (Lipinski definition) is 0. The minimum atomic E-state index is -0.0136. The summed E-state index contributed by atoms with van der Waals surface area (Å²) in [7, 11) is 0. The van der Waals surface area contributed by atoms with Crippen molar-refractivity contribution in [3.63, 3.8) is 0 Å². The maximum absolute atomic E-state index is 2.73. The van der Waals surface area contributed by atoms with E-state index in [1.165, 1.54) is 254 Å². The van der Waals surface area contributed by atoms with Crippen LogP contribution < -0.4 is 0 Å². The molecular formula is C76H100. The number of unbranched alkanes of at least 4 members (excludes halogenated alkanes) is 18. The summed E-state index contributed by atoms with van der Waals surface area (Å²) in [4.78, 5) is 0. The number of benzene rings is 6. The van der Waals surface area contributed by atoms with Crippen LogP contribution in [0.1, 0.15) is 273 Å². The third-order valence-electron chi connectivity index (χ3n) is 19.6. The van der Waals surface area contributed by atoms with Gasteiger partial charge in [-0.3, -0.25) is 0 Å². The van der Waals surface area contributed by atoms with Crippen molar-refractivity contribution < 1.29 is 0 Å². The third kappa shape index (κ3) is 11.3. The fourth-order valence-corrected chi connectivity index (χ4v) is 15.4. The van der Waals surface area contributed by atoms with Crippen LogP contribution in [0.2, 0.25) is 0 Å². The minimum Gasteiger partial charge on any atom is -0.0654 e. The van der Waals surface area contributed by atoms with E-state index in [4.69, 9.17) is 0 Å². The third-order valence-corrected chi connectivity index (χ3v) is 19.6. The van der Waals surface area contributed by atoms with Gasteiger partial charge in [-0.15, -0.1) is 0 Å². The van der Waals surface area contributed by atoms with Gasteiger partial charge in [0.15, 0.2) is 0 Å². The van der Waals surface area contributed by atoms with E-state index in [1.807, 2.05) is 0 Å². The molecule has 0 spiro atoms. The lowest BCUT2D eigenvalue weighted by atomic mass is 9.69. The lowest BCUT2D eigenvalue weighted by molar-refractivity contribution is 0.400. The molecule has 0 radical (unpaired) electrons. The molecule has 404 valence electrons. The molecule has 0 heteroatoms. The first-order valence-electron chi connectivity index (χ1n) is 32.1. The van der Waals surface area contributed by atoms with Gasteiger partial charge in [-0.25, -0.2) is 0 Å². The molecule has 6 aromatic carbocycles. The van der Waals surface area contributed by atoms with Crippen LogP contribution in [0.25, 0.3) is 55.6 Å². The highest BCUT2D eigenvalue weighted by molar-refractivity contribution is 5.89. The molecule has 0 atom stereocenters. The Kier molecular flexibility index (Phi) is 19.4. The quantitative estimate of drug-likeness (QED) is 0.0370. The molecule has 9 rings (SSSR count). The van der Waals surface area contributed by atoms with E-state index in [2.05, 4.69) is 164 Å². The SMILES string of the molecule is CCCCCCC1(CCCCCC)c2ccccc2-c2ccc(-c3ccc4c(c3)C(CCCCCC)(CCCCCC)c3cc(-c5ccc6c(c5)C(CCCCCC)(CCCCCC)c5cc(C)ccc5-6)ccc3-4)cc21. The molecule has 3 aliphatic carbocycles. The Morgan fingerprint density at radius 3 is 0.789 bits per heavy atom. The van der Waals surface area contributed by atoms with Crippen molar-refractivity contribution in [2.45, 2.75) is 257 Å².